The normalized spacial score (nSPS) is 11.9. The molecule has 1 atom stereocenters. The lowest BCUT2D eigenvalue weighted by Crippen LogP contribution is -2.13. The van der Waals surface area contributed by atoms with Crippen LogP contribution in [0.4, 0.5) is 5.69 Å². The second kappa shape index (κ2) is 6.26. The van der Waals surface area contributed by atoms with Crippen LogP contribution in [0.5, 0.6) is 0 Å². The van der Waals surface area contributed by atoms with Gasteiger partial charge in [0.1, 0.15) is 12.0 Å². The quantitative estimate of drug-likeness (QED) is 0.885. The van der Waals surface area contributed by atoms with Crippen LogP contribution in [-0.2, 0) is 11.2 Å². The number of carbonyl (C=O) groups is 2. The third-order valence-corrected chi connectivity index (χ3v) is 3.17. The van der Waals surface area contributed by atoms with Crippen LogP contribution in [0.15, 0.2) is 41.0 Å². The fourth-order valence-corrected chi connectivity index (χ4v) is 1.93. The van der Waals surface area contributed by atoms with Gasteiger partial charge < -0.3 is 14.8 Å². The average molecular weight is 287 g/mol. The Balaban J connectivity index is 1.99. The number of carboxylic acid groups (broad SMARTS) is 1. The van der Waals surface area contributed by atoms with Crippen LogP contribution in [0.2, 0.25) is 0 Å². The summed E-state index contributed by atoms with van der Waals surface area (Å²) >= 11 is 0. The summed E-state index contributed by atoms with van der Waals surface area (Å²) in [7, 11) is 0. The molecule has 2 rings (SSSR count). The fourth-order valence-electron chi connectivity index (χ4n) is 1.93. The minimum absolute atomic E-state index is 0.237. The minimum Gasteiger partial charge on any atom is -0.481 e. The Kier molecular flexibility index (Phi) is 4.42. The zero-order valence-corrected chi connectivity index (χ0v) is 11.9. The van der Waals surface area contributed by atoms with Crippen LogP contribution in [0.3, 0.4) is 0 Å². The van der Waals surface area contributed by atoms with Gasteiger partial charge >= 0.3 is 5.97 Å². The van der Waals surface area contributed by atoms with Gasteiger partial charge in [0.2, 0.25) is 0 Å². The Hall–Kier alpha value is -2.56. The topological polar surface area (TPSA) is 79.5 Å². The Bertz CT molecular complexity index is 643. The van der Waals surface area contributed by atoms with E-state index in [4.69, 9.17) is 9.52 Å². The molecule has 1 amide bonds. The van der Waals surface area contributed by atoms with E-state index in [-0.39, 0.29) is 5.91 Å². The number of hydrogen-bond acceptors (Lipinski definition) is 3. The molecule has 0 aliphatic heterocycles. The first-order valence-corrected chi connectivity index (χ1v) is 6.64. The molecule has 2 aromatic rings. The highest BCUT2D eigenvalue weighted by atomic mass is 16.4. The number of hydrogen-bond donors (Lipinski definition) is 2. The van der Waals surface area contributed by atoms with Crippen molar-refractivity contribution in [3.8, 4) is 0 Å². The maximum absolute atomic E-state index is 11.9. The summed E-state index contributed by atoms with van der Waals surface area (Å²) in [6.45, 7) is 3.44. The van der Waals surface area contributed by atoms with E-state index >= 15 is 0 Å². The van der Waals surface area contributed by atoms with Crippen LogP contribution >= 0.6 is 0 Å². The molecule has 1 unspecified atom stereocenters. The molecule has 1 aromatic carbocycles. The van der Waals surface area contributed by atoms with Gasteiger partial charge in [-0.25, -0.2) is 0 Å². The summed E-state index contributed by atoms with van der Waals surface area (Å²) in [4.78, 5) is 22.7. The predicted octanol–water partition coefficient (Wildman–Crippen LogP) is 3.10. The number of benzene rings is 1. The Morgan fingerprint density at radius 3 is 2.48 bits per heavy atom. The molecule has 0 radical (unpaired) electrons. The van der Waals surface area contributed by atoms with Gasteiger partial charge in [0.25, 0.3) is 5.91 Å². The molecule has 1 aromatic heterocycles. The molecule has 0 aliphatic carbocycles. The molecule has 110 valence electrons. The van der Waals surface area contributed by atoms with Gasteiger partial charge in [0, 0.05) is 5.69 Å². The zero-order chi connectivity index (χ0) is 15.4. The van der Waals surface area contributed by atoms with Crippen LogP contribution in [0.1, 0.15) is 28.6 Å². The van der Waals surface area contributed by atoms with Gasteiger partial charge in [0.05, 0.1) is 11.5 Å². The third-order valence-electron chi connectivity index (χ3n) is 3.17. The van der Waals surface area contributed by atoms with Crippen molar-refractivity contribution in [3.05, 3.63) is 53.5 Å². The smallest absolute Gasteiger partial charge is 0.306 e. The Morgan fingerprint density at radius 2 is 1.95 bits per heavy atom. The average Bonchev–Trinajstić information content (AvgIpc) is 2.87. The monoisotopic (exact) mass is 287 g/mol. The van der Waals surface area contributed by atoms with E-state index in [1.165, 1.54) is 6.26 Å². The van der Waals surface area contributed by atoms with Crippen molar-refractivity contribution in [2.75, 3.05) is 5.32 Å². The van der Waals surface area contributed by atoms with Crippen molar-refractivity contribution in [2.24, 2.45) is 5.92 Å². The largest absolute Gasteiger partial charge is 0.481 e. The third kappa shape index (κ3) is 3.95. The van der Waals surface area contributed by atoms with E-state index in [0.717, 1.165) is 5.56 Å². The Labute approximate surface area is 122 Å². The molecule has 21 heavy (non-hydrogen) atoms. The maximum Gasteiger partial charge on any atom is 0.306 e. The SMILES string of the molecule is Cc1cc(C(=O)Nc2ccc(CC(C)C(=O)O)cc2)co1. The number of nitrogens with one attached hydrogen (secondary N) is 1. The van der Waals surface area contributed by atoms with Crippen molar-refractivity contribution >= 4 is 17.6 Å². The summed E-state index contributed by atoms with van der Waals surface area (Å²) in [5.41, 5.74) is 2.05. The van der Waals surface area contributed by atoms with Gasteiger partial charge in [-0.3, -0.25) is 9.59 Å². The summed E-state index contributed by atoms with van der Waals surface area (Å²) < 4.78 is 5.09. The number of aliphatic carboxylic acids is 1. The van der Waals surface area contributed by atoms with Gasteiger partial charge in [-0.05, 0) is 37.1 Å². The molecular formula is C16H17NO4. The molecule has 0 saturated carbocycles. The fraction of sp³-hybridized carbons (Fsp3) is 0.250. The van der Waals surface area contributed by atoms with Crippen LogP contribution in [0.25, 0.3) is 0 Å². The van der Waals surface area contributed by atoms with Crippen molar-refractivity contribution < 1.29 is 19.1 Å². The van der Waals surface area contributed by atoms with E-state index in [9.17, 15) is 9.59 Å². The minimum atomic E-state index is -0.817. The summed E-state index contributed by atoms with van der Waals surface area (Å²) in [5.74, 6) is -0.807. The molecule has 0 spiro atoms. The zero-order valence-electron chi connectivity index (χ0n) is 11.9. The van der Waals surface area contributed by atoms with Crippen molar-refractivity contribution in [1.29, 1.82) is 0 Å². The maximum atomic E-state index is 11.9. The van der Waals surface area contributed by atoms with Gasteiger partial charge in [-0.2, -0.15) is 0 Å². The lowest BCUT2D eigenvalue weighted by Gasteiger charge is -2.08. The molecule has 5 nitrogen and oxygen atoms in total. The van der Waals surface area contributed by atoms with E-state index < -0.39 is 11.9 Å². The van der Waals surface area contributed by atoms with Gasteiger partial charge in [-0.1, -0.05) is 19.1 Å². The summed E-state index contributed by atoms with van der Waals surface area (Å²) in [5, 5.41) is 11.6. The molecule has 0 bridgehead atoms. The molecular weight excluding hydrogens is 270 g/mol. The van der Waals surface area contributed by atoms with E-state index in [0.29, 0.717) is 23.4 Å². The first kappa shape index (κ1) is 14.8. The Morgan fingerprint density at radius 1 is 1.29 bits per heavy atom. The van der Waals surface area contributed by atoms with Crippen molar-refractivity contribution in [3.63, 3.8) is 0 Å². The molecule has 2 N–H and O–H groups in total. The number of rotatable bonds is 5. The van der Waals surface area contributed by atoms with Crippen LogP contribution < -0.4 is 5.32 Å². The van der Waals surface area contributed by atoms with E-state index in [1.807, 2.05) is 12.1 Å². The lowest BCUT2D eigenvalue weighted by atomic mass is 10.0. The second-order valence-corrected chi connectivity index (χ2v) is 5.04. The number of amides is 1. The number of carbonyl (C=O) groups excluding carboxylic acids is 1. The number of furan rings is 1. The van der Waals surface area contributed by atoms with Crippen LogP contribution in [-0.4, -0.2) is 17.0 Å². The first-order chi connectivity index (χ1) is 9.95. The number of anilines is 1. The van der Waals surface area contributed by atoms with E-state index in [2.05, 4.69) is 5.32 Å². The predicted molar refractivity (Wildman–Crippen MR) is 78.3 cm³/mol. The van der Waals surface area contributed by atoms with Gasteiger partial charge in [-0.15, -0.1) is 0 Å². The molecule has 1 heterocycles. The first-order valence-electron chi connectivity index (χ1n) is 6.64. The highest BCUT2D eigenvalue weighted by Crippen LogP contribution is 2.15. The number of aryl methyl sites for hydroxylation is 1. The summed E-state index contributed by atoms with van der Waals surface area (Å²) in [6.07, 6.45) is 1.87. The van der Waals surface area contributed by atoms with Crippen molar-refractivity contribution in [1.82, 2.24) is 0 Å². The standard InChI is InChI=1S/C16H17NO4/c1-10(16(19)20)7-12-3-5-14(6-4-12)17-15(18)13-8-11(2)21-9-13/h3-6,8-10H,7H2,1-2H3,(H,17,18)(H,19,20). The molecule has 5 heteroatoms. The molecule has 0 aliphatic rings. The lowest BCUT2D eigenvalue weighted by molar-refractivity contribution is -0.141. The highest BCUT2D eigenvalue weighted by Gasteiger charge is 2.12. The highest BCUT2D eigenvalue weighted by molar-refractivity contribution is 6.04. The van der Waals surface area contributed by atoms with Crippen molar-refractivity contribution in [2.45, 2.75) is 20.3 Å². The molecule has 0 fully saturated rings. The van der Waals surface area contributed by atoms with Gasteiger partial charge in [0.15, 0.2) is 0 Å². The number of carboxylic acids is 1. The summed E-state index contributed by atoms with van der Waals surface area (Å²) in [6, 6.07) is 8.81. The van der Waals surface area contributed by atoms with E-state index in [1.54, 1.807) is 32.0 Å². The second-order valence-electron chi connectivity index (χ2n) is 5.04. The van der Waals surface area contributed by atoms with Crippen LogP contribution in [0, 0.1) is 12.8 Å². The molecule has 0 saturated heterocycles.